The number of nitrogen functional groups attached to an aromatic ring is 2. The molecule has 3 aromatic rings. The number of nitrogens with zero attached hydrogens (tertiary/aromatic N) is 5. The van der Waals surface area contributed by atoms with Crippen molar-refractivity contribution in [2.45, 2.75) is 39.4 Å². The summed E-state index contributed by atoms with van der Waals surface area (Å²) in [7, 11) is 0. The number of nitrogens with two attached hydrogens (primary N) is 2. The van der Waals surface area contributed by atoms with E-state index in [0.717, 1.165) is 36.2 Å². The molecule has 1 saturated heterocycles. The Morgan fingerprint density at radius 2 is 1.87 bits per heavy atom. The first-order valence-electron chi connectivity index (χ1n) is 12.9. The number of carbonyl (C=O) groups excluding carboxylic acids is 1. The minimum atomic E-state index is -0.525. The summed E-state index contributed by atoms with van der Waals surface area (Å²) in [5, 5.41) is 22.5. The first kappa shape index (κ1) is 29.1. The number of rotatable bonds is 11. The van der Waals surface area contributed by atoms with Crippen LogP contribution in [0.3, 0.4) is 0 Å². The van der Waals surface area contributed by atoms with Crippen molar-refractivity contribution in [2.75, 3.05) is 55.9 Å². The van der Waals surface area contributed by atoms with Crippen molar-refractivity contribution in [3.8, 4) is 0 Å². The first-order valence-corrected chi connectivity index (χ1v) is 13.7. The number of amides is 1. The number of ether oxygens (including phenoxy) is 1. The van der Waals surface area contributed by atoms with Crippen LogP contribution in [0, 0.1) is 5.92 Å². The molecule has 212 valence electrons. The van der Waals surface area contributed by atoms with Crippen molar-refractivity contribution < 1.29 is 24.3 Å². The lowest BCUT2D eigenvalue weighted by atomic mass is 10.0. The van der Waals surface area contributed by atoms with Crippen molar-refractivity contribution in [3.63, 3.8) is 0 Å². The molecule has 1 fully saturated rings. The normalized spacial score (nSPS) is 14.2. The zero-order valence-corrected chi connectivity index (χ0v) is 23.4. The number of aromatic nitrogens is 4. The summed E-state index contributed by atoms with van der Waals surface area (Å²) in [6.07, 6.45) is 1.86. The molecule has 39 heavy (non-hydrogen) atoms. The van der Waals surface area contributed by atoms with Crippen molar-refractivity contribution in [2.24, 2.45) is 5.92 Å². The van der Waals surface area contributed by atoms with Crippen LogP contribution in [-0.2, 0) is 24.4 Å². The molecule has 2 aromatic heterocycles. The van der Waals surface area contributed by atoms with Gasteiger partial charge in [-0.25, -0.2) is 19.1 Å². The van der Waals surface area contributed by atoms with Crippen LogP contribution < -0.4 is 26.3 Å². The van der Waals surface area contributed by atoms with Gasteiger partial charge in [-0.1, -0.05) is 23.2 Å². The van der Waals surface area contributed by atoms with E-state index in [-0.39, 0.29) is 42.2 Å². The number of benzene rings is 1. The van der Waals surface area contributed by atoms with Crippen LogP contribution in [0.5, 0.6) is 0 Å². The highest BCUT2D eigenvalue weighted by Gasteiger charge is 2.30. The highest BCUT2D eigenvalue weighted by atomic mass is 35.5. The molecule has 0 aliphatic carbocycles. The molecule has 0 bridgehead atoms. The van der Waals surface area contributed by atoms with E-state index in [9.17, 15) is 15.0 Å². The second-order valence-electron chi connectivity index (χ2n) is 9.37. The third-order valence-electron chi connectivity index (χ3n) is 6.95. The van der Waals surface area contributed by atoms with E-state index in [0.29, 0.717) is 49.5 Å². The average Bonchev–Trinajstić information content (AvgIpc) is 3.20. The molecule has 1 aromatic carbocycles. The fourth-order valence-electron chi connectivity index (χ4n) is 5.02. The number of nitrogens with one attached hydrogen (secondary N) is 1. The van der Waals surface area contributed by atoms with Gasteiger partial charge >= 0.3 is 0 Å². The highest BCUT2D eigenvalue weighted by molar-refractivity contribution is 6.34. The number of imidazole rings is 1. The summed E-state index contributed by atoms with van der Waals surface area (Å²) >= 11 is 12.8. The molecule has 1 aliphatic heterocycles. The van der Waals surface area contributed by atoms with Gasteiger partial charge in [0, 0.05) is 44.4 Å². The molecule has 0 atom stereocenters. The van der Waals surface area contributed by atoms with Crippen molar-refractivity contribution >= 4 is 57.5 Å². The Labute approximate surface area is 236 Å². The zero-order valence-electron chi connectivity index (χ0n) is 21.9. The summed E-state index contributed by atoms with van der Waals surface area (Å²) in [5.41, 5.74) is 14.0. The van der Waals surface area contributed by atoms with Gasteiger partial charge in [0.05, 0.1) is 37.0 Å². The summed E-state index contributed by atoms with van der Waals surface area (Å²) in [4.78, 5) is 22.8. The maximum atomic E-state index is 13.1. The minimum Gasteiger partial charge on any atom is -0.395 e. The number of hydrogen-bond donors (Lipinski definition) is 5. The van der Waals surface area contributed by atoms with E-state index in [1.165, 1.54) is 0 Å². The van der Waals surface area contributed by atoms with E-state index in [4.69, 9.17) is 39.4 Å². The monoisotopic (exact) mass is 581 g/mol. The standard InChI is InChI=1S/C25H34Cl2N8O4/c1-2-34-19-12-17(33(5-7-36)6-8-37)16(26)11-18(19)35(14-15-3-9-39-10-4-15)20(34)13-30-25(38)21-23(28)32-24(29)22(27)31-21/h11-12,15,36-37H,2-10,13-14H2,1H3,(H4-,28,29,30,32,38)/p+1. The topological polar surface area (TPSA) is 169 Å². The molecule has 1 aliphatic rings. The predicted molar refractivity (Wildman–Crippen MR) is 150 cm³/mol. The molecule has 0 saturated carbocycles. The van der Waals surface area contributed by atoms with E-state index in [2.05, 4.69) is 24.4 Å². The molecular formula is C25H35Cl2N8O4+. The molecule has 0 spiro atoms. The lowest BCUT2D eigenvalue weighted by molar-refractivity contribution is -0.687. The van der Waals surface area contributed by atoms with E-state index in [1.54, 1.807) is 0 Å². The first-order chi connectivity index (χ1) is 18.8. The summed E-state index contributed by atoms with van der Waals surface area (Å²) in [5.74, 6) is 0.581. The number of hydrogen-bond acceptors (Lipinski definition) is 9. The van der Waals surface area contributed by atoms with Gasteiger partial charge in [0.2, 0.25) is 0 Å². The molecule has 0 unspecified atom stereocenters. The summed E-state index contributed by atoms with van der Waals surface area (Å²) < 4.78 is 9.88. The Bertz CT molecular complexity index is 1320. The Balaban J connectivity index is 1.77. The number of carbonyl (C=O) groups is 1. The van der Waals surface area contributed by atoms with Crippen LogP contribution in [0.25, 0.3) is 11.0 Å². The molecule has 14 heteroatoms. The van der Waals surface area contributed by atoms with Gasteiger partial charge in [0.15, 0.2) is 33.5 Å². The number of halogens is 2. The molecule has 4 rings (SSSR count). The lowest BCUT2D eigenvalue weighted by Crippen LogP contribution is -2.44. The Kier molecular flexibility index (Phi) is 9.67. The van der Waals surface area contributed by atoms with Crippen molar-refractivity contribution in [1.82, 2.24) is 19.9 Å². The second kappa shape index (κ2) is 13.0. The number of aliphatic hydroxyl groups is 2. The molecule has 1 amide bonds. The number of aryl methyl sites for hydroxylation is 1. The Morgan fingerprint density at radius 3 is 2.51 bits per heavy atom. The third kappa shape index (κ3) is 6.30. The molecule has 7 N–H and O–H groups in total. The maximum absolute atomic E-state index is 13.1. The van der Waals surface area contributed by atoms with E-state index < -0.39 is 5.91 Å². The average molecular weight is 583 g/mol. The number of aliphatic hydroxyl groups excluding tert-OH is 2. The van der Waals surface area contributed by atoms with Crippen LogP contribution in [0.1, 0.15) is 36.1 Å². The van der Waals surface area contributed by atoms with Crippen LogP contribution in [0.4, 0.5) is 17.3 Å². The molecule has 0 radical (unpaired) electrons. The lowest BCUT2D eigenvalue weighted by Gasteiger charge is -2.24. The van der Waals surface area contributed by atoms with Gasteiger partial charge in [-0.15, -0.1) is 0 Å². The molecular weight excluding hydrogens is 547 g/mol. The van der Waals surface area contributed by atoms with Crippen molar-refractivity contribution in [1.29, 1.82) is 0 Å². The van der Waals surface area contributed by atoms with Gasteiger partial charge in [-0.3, -0.25) is 4.79 Å². The minimum absolute atomic E-state index is 0.0461. The maximum Gasteiger partial charge on any atom is 0.277 e. The second-order valence-corrected chi connectivity index (χ2v) is 10.1. The van der Waals surface area contributed by atoms with Crippen LogP contribution in [0.15, 0.2) is 12.1 Å². The number of fused-ring (bicyclic) bond motifs is 1. The Morgan fingerprint density at radius 1 is 1.18 bits per heavy atom. The highest BCUT2D eigenvalue weighted by Crippen LogP contribution is 2.32. The van der Waals surface area contributed by atoms with Crippen LogP contribution >= 0.6 is 23.2 Å². The third-order valence-corrected chi connectivity index (χ3v) is 7.53. The van der Waals surface area contributed by atoms with Gasteiger partial charge < -0.3 is 36.6 Å². The quantitative estimate of drug-likeness (QED) is 0.210. The molecule has 3 heterocycles. The van der Waals surface area contributed by atoms with E-state index in [1.807, 2.05) is 24.0 Å². The van der Waals surface area contributed by atoms with Gasteiger partial charge in [-0.05, 0) is 19.8 Å². The molecule has 12 nitrogen and oxygen atoms in total. The van der Waals surface area contributed by atoms with Gasteiger partial charge in [0.25, 0.3) is 11.7 Å². The van der Waals surface area contributed by atoms with E-state index >= 15 is 0 Å². The fraction of sp³-hybridized carbons (Fsp3) is 0.520. The van der Waals surface area contributed by atoms with Crippen molar-refractivity contribution in [3.05, 3.63) is 33.8 Å². The van der Waals surface area contributed by atoms with Crippen LogP contribution in [0.2, 0.25) is 10.2 Å². The van der Waals surface area contributed by atoms with Crippen LogP contribution in [-0.4, -0.2) is 70.2 Å². The SMILES string of the molecule is CCn1c(CNC(=O)c2nc(Cl)c(N)nc2N)[n+](CC2CCOCC2)c2cc(Cl)c(N(CCO)CCO)cc21. The largest absolute Gasteiger partial charge is 0.395 e. The fourth-order valence-corrected chi connectivity index (χ4v) is 5.42. The van der Waals surface area contributed by atoms with Gasteiger partial charge in [0.1, 0.15) is 6.54 Å². The predicted octanol–water partition coefficient (Wildman–Crippen LogP) is 1.36. The summed E-state index contributed by atoms with van der Waals surface area (Å²) in [6, 6.07) is 3.88. The zero-order chi connectivity index (χ0) is 28.1. The summed E-state index contributed by atoms with van der Waals surface area (Å²) in [6.45, 7) is 5.48. The van der Waals surface area contributed by atoms with Gasteiger partial charge in [-0.2, -0.15) is 0 Å². The smallest absolute Gasteiger partial charge is 0.277 e. The Hall–Kier alpha value is -2.90. The number of anilines is 3.